The smallest absolute Gasteiger partial charge is 0.242 e. The van der Waals surface area contributed by atoms with Crippen molar-refractivity contribution in [1.29, 1.82) is 0 Å². The van der Waals surface area contributed by atoms with Crippen LogP contribution in [0.2, 0.25) is 5.02 Å². The molecule has 0 saturated heterocycles. The molecule has 0 aliphatic rings. The van der Waals surface area contributed by atoms with Crippen molar-refractivity contribution in [1.82, 2.24) is 14.5 Å². The molecule has 26 heavy (non-hydrogen) atoms. The Morgan fingerprint density at radius 1 is 1.15 bits per heavy atom. The monoisotopic (exact) mass is 390 g/mol. The van der Waals surface area contributed by atoms with E-state index in [1.807, 2.05) is 36.5 Å². The summed E-state index contributed by atoms with van der Waals surface area (Å²) in [6, 6.07) is 14.2. The summed E-state index contributed by atoms with van der Waals surface area (Å²) in [6.07, 6.45) is 1.82. The summed E-state index contributed by atoms with van der Waals surface area (Å²) in [5, 5.41) is 11.1. The van der Waals surface area contributed by atoms with Gasteiger partial charge < -0.3 is 5.32 Å². The van der Waals surface area contributed by atoms with E-state index in [1.165, 1.54) is 18.4 Å². The van der Waals surface area contributed by atoms with Crippen molar-refractivity contribution in [2.75, 3.05) is 19.4 Å². The molecule has 2 N–H and O–H groups in total. The van der Waals surface area contributed by atoms with E-state index >= 15 is 0 Å². The van der Waals surface area contributed by atoms with Gasteiger partial charge in [0.1, 0.15) is 0 Å². The highest BCUT2D eigenvalue weighted by Crippen LogP contribution is 2.24. The number of aromatic nitrogens is 2. The maximum Gasteiger partial charge on any atom is 0.242 e. The average Bonchev–Trinajstić information content (AvgIpc) is 3.09. The molecule has 8 heteroatoms. The lowest BCUT2D eigenvalue weighted by Crippen LogP contribution is -2.22. The first kappa shape index (κ1) is 18.4. The second-order valence-electron chi connectivity index (χ2n) is 5.93. The molecule has 3 rings (SSSR count). The van der Waals surface area contributed by atoms with Crippen molar-refractivity contribution in [2.45, 2.75) is 11.4 Å². The van der Waals surface area contributed by atoms with Crippen molar-refractivity contribution in [2.24, 2.45) is 0 Å². The van der Waals surface area contributed by atoms with Crippen molar-refractivity contribution in [3.05, 3.63) is 65.3 Å². The molecule has 0 amide bonds. The molecular formula is C18H19ClN4O2S. The normalized spacial score (nSPS) is 11.7. The van der Waals surface area contributed by atoms with E-state index in [-0.39, 0.29) is 4.90 Å². The first-order chi connectivity index (χ1) is 12.4. The van der Waals surface area contributed by atoms with E-state index in [2.05, 4.69) is 15.5 Å². The molecule has 3 aromatic rings. The molecule has 136 valence electrons. The Morgan fingerprint density at radius 3 is 2.58 bits per heavy atom. The molecule has 0 bridgehead atoms. The highest BCUT2D eigenvalue weighted by atomic mass is 35.5. The van der Waals surface area contributed by atoms with E-state index in [0.717, 1.165) is 22.5 Å². The van der Waals surface area contributed by atoms with Crippen molar-refractivity contribution in [3.63, 3.8) is 0 Å². The summed E-state index contributed by atoms with van der Waals surface area (Å²) in [7, 11) is -0.438. The third kappa shape index (κ3) is 3.90. The molecule has 0 spiro atoms. The van der Waals surface area contributed by atoms with Gasteiger partial charge in [-0.25, -0.2) is 12.7 Å². The number of hydrogen-bond acceptors (Lipinski definition) is 4. The summed E-state index contributed by atoms with van der Waals surface area (Å²) in [6.45, 7) is 0.500. The minimum Gasteiger partial charge on any atom is -0.381 e. The van der Waals surface area contributed by atoms with Gasteiger partial charge in [-0.2, -0.15) is 5.10 Å². The number of nitrogens with one attached hydrogen (secondary N) is 2. The van der Waals surface area contributed by atoms with Crippen LogP contribution >= 0.6 is 11.6 Å². The summed E-state index contributed by atoms with van der Waals surface area (Å²) in [4.78, 5) is 0.248. The molecule has 2 aromatic carbocycles. The average molecular weight is 391 g/mol. The molecule has 0 aliphatic heterocycles. The largest absolute Gasteiger partial charge is 0.381 e. The third-order valence-electron chi connectivity index (χ3n) is 3.93. The van der Waals surface area contributed by atoms with Gasteiger partial charge in [0.2, 0.25) is 10.0 Å². The number of benzene rings is 2. The van der Waals surface area contributed by atoms with Gasteiger partial charge in [0.25, 0.3) is 0 Å². The molecule has 0 aliphatic carbocycles. The summed E-state index contributed by atoms with van der Waals surface area (Å²) >= 11 is 5.93. The lowest BCUT2D eigenvalue weighted by molar-refractivity contribution is 0.521. The predicted molar refractivity (Wildman–Crippen MR) is 104 cm³/mol. The third-order valence-corrected chi connectivity index (χ3v) is 6.00. The summed E-state index contributed by atoms with van der Waals surface area (Å²) < 4.78 is 25.7. The topological polar surface area (TPSA) is 78.1 Å². The van der Waals surface area contributed by atoms with Crippen LogP contribution in [0, 0.1) is 0 Å². The van der Waals surface area contributed by atoms with Gasteiger partial charge in [-0.3, -0.25) is 5.10 Å². The van der Waals surface area contributed by atoms with Gasteiger partial charge in [-0.15, -0.1) is 0 Å². The van der Waals surface area contributed by atoms with Crippen LogP contribution in [0.15, 0.2) is 59.6 Å². The lowest BCUT2D eigenvalue weighted by Gasteiger charge is -2.13. The Morgan fingerprint density at radius 2 is 1.88 bits per heavy atom. The van der Waals surface area contributed by atoms with Gasteiger partial charge in [0.05, 0.1) is 10.6 Å². The first-order valence-corrected chi connectivity index (χ1v) is 9.75. The zero-order valence-corrected chi connectivity index (χ0v) is 16.0. The van der Waals surface area contributed by atoms with Gasteiger partial charge in [-0.05, 0) is 30.3 Å². The van der Waals surface area contributed by atoms with Crippen LogP contribution in [0.25, 0.3) is 11.3 Å². The number of anilines is 1. The van der Waals surface area contributed by atoms with Crippen LogP contribution in [0.1, 0.15) is 5.56 Å². The van der Waals surface area contributed by atoms with Crippen molar-refractivity contribution in [3.8, 4) is 11.3 Å². The molecule has 6 nitrogen and oxygen atoms in total. The molecule has 1 heterocycles. The molecule has 0 fully saturated rings. The second-order valence-corrected chi connectivity index (χ2v) is 8.52. The number of H-pyrrole nitrogens is 1. The van der Waals surface area contributed by atoms with Gasteiger partial charge in [0.15, 0.2) is 0 Å². The lowest BCUT2D eigenvalue weighted by atomic mass is 10.1. The molecule has 0 saturated carbocycles. The molecule has 0 atom stereocenters. The van der Waals surface area contributed by atoms with Crippen LogP contribution in [0.5, 0.6) is 0 Å². The maximum absolute atomic E-state index is 12.3. The van der Waals surface area contributed by atoms with Gasteiger partial charge >= 0.3 is 0 Å². The van der Waals surface area contributed by atoms with E-state index < -0.39 is 10.0 Å². The standard InChI is InChI=1S/C18H19ClN4O2S/c1-23(2)26(24,25)17-5-3-4-16(10-17)20-11-14-12-21-22-18(14)13-6-8-15(19)9-7-13/h3-10,12,20H,11H2,1-2H3,(H,21,22). The predicted octanol–water partition coefficient (Wildman–Crippen LogP) is 3.59. The Labute approximate surface area is 157 Å². The Balaban J connectivity index is 1.79. The first-order valence-electron chi connectivity index (χ1n) is 7.93. The van der Waals surface area contributed by atoms with Crippen LogP contribution in [-0.2, 0) is 16.6 Å². The van der Waals surface area contributed by atoms with Crippen LogP contribution < -0.4 is 5.32 Å². The van der Waals surface area contributed by atoms with Crippen LogP contribution in [0.4, 0.5) is 5.69 Å². The Kier molecular flexibility index (Phi) is 5.31. The van der Waals surface area contributed by atoms with Gasteiger partial charge in [-0.1, -0.05) is 29.8 Å². The fourth-order valence-electron chi connectivity index (χ4n) is 2.48. The molecular weight excluding hydrogens is 372 g/mol. The van der Waals surface area contributed by atoms with E-state index in [9.17, 15) is 8.42 Å². The molecule has 0 unspecified atom stereocenters. The van der Waals surface area contributed by atoms with E-state index in [4.69, 9.17) is 11.6 Å². The molecule has 1 aromatic heterocycles. The highest BCUT2D eigenvalue weighted by Gasteiger charge is 2.17. The minimum atomic E-state index is -3.46. The summed E-state index contributed by atoms with van der Waals surface area (Å²) in [5.74, 6) is 0. The number of sulfonamides is 1. The molecule has 0 radical (unpaired) electrons. The van der Waals surface area contributed by atoms with Crippen molar-refractivity contribution < 1.29 is 8.42 Å². The minimum absolute atomic E-state index is 0.248. The number of rotatable bonds is 6. The zero-order valence-electron chi connectivity index (χ0n) is 14.4. The summed E-state index contributed by atoms with van der Waals surface area (Å²) in [5.41, 5.74) is 3.46. The van der Waals surface area contributed by atoms with Crippen LogP contribution in [0.3, 0.4) is 0 Å². The Hall–Kier alpha value is -2.35. The van der Waals surface area contributed by atoms with Crippen LogP contribution in [-0.4, -0.2) is 37.0 Å². The number of nitrogens with zero attached hydrogens (tertiary/aromatic N) is 2. The maximum atomic E-state index is 12.3. The van der Waals surface area contributed by atoms with Gasteiger partial charge in [0, 0.05) is 48.7 Å². The fourth-order valence-corrected chi connectivity index (χ4v) is 3.56. The number of aromatic amines is 1. The van der Waals surface area contributed by atoms with E-state index in [1.54, 1.807) is 18.2 Å². The number of hydrogen-bond donors (Lipinski definition) is 2. The van der Waals surface area contributed by atoms with E-state index in [0.29, 0.717) is 11.6 Å². The zero-order chi connectivity index (χ0) is 18.7. The quantitative estimate of drug-likeness (QED) is 0.674. The SMILES string of the molecule is CN(C)S(=O)(=O)c1cccc(NCc2c[nH]nc2-c2ccc(Cl)cc2)c1. The highest BCUT2D eigenvalue weighted by molar-refractivity contribution is 7.89. The second kappa shape index (κ2) is 7.49. The fraction of sp³-hybridized carbons (Fsp3) is 0.167. The number of halogens is 1. The Bertz CT molecular complexity index is 998. The van der Waals surface area contributed by atoms with Crippen molar-refractivity contribution >= 4 is 27.3 Å².